The van der Waals surface area contributed by atoms with Crippen molar-refractivity contribution >= 4 is 17.5 Å². The first-order valence-electron chi connectivity index (χ1n) is 8.53. The molecule has 0 spiro atoms. The van der Waals surface area contributed by atoms with Gasteiger partial charge in [-0.3, -0.25) is 9.59 Å². The topological polar surface area (TPSA) is 75.6 Å². The fourth-order valence-corrected chi connectivity index (χ4v) is 2.96. The Balaban J connectivity index is 1.65. The molecule has 7 heteroatoms. The molecular weight excluding hydrogens is 332 g/mol. The molecule has 0 aliphatic carbocycles. The molecule has 1 aromatic carbocycles. The Morgan fingerprint density at radius 3 is 2.19 bits per heavy atom. The summed E-state index contributed by atoms with van der Waals surface area (Å²) in [6, 6.07) is 8.63. The van der Waals surface area contributed by atoms with Crippen molar-refractivity contribution in [3.05, 3.63) is 47.3 Å². The molecular formula is C19H22N4O3. The lowest BCUT2D eigenvalue weighted by Crippen LogP contribution is -2.49. The summed E-state index contributed by atoms with van der Waals surface area (Å²) in [6.45, 7) is 5.95. The monoisotopic (exact) mass is 354 g/mol. The van der Waals surface area contributed by atoms with E-state index in [2.05, 4.69) is 14.9 Å². The molecule has 0 unspecified atom stereocenters. The highest BCUT2D eigenvalue weighted by Gasteiger charge is 2.23. The number of aromatic nitrogens is 2. The lowest BCUT2D eigenvalue weighted by Gasteiger charge is -2.35. The molecule has 3 rings (SSSR count). The van der Waals surface area contributed by atoms with Gasteiger partial charge in [0.1, 0.15) is 11.6 Å². The van der Waals surface area contributed by atoms with E-state index in [1.165, 1.54) is 6.92 Å². The van der Waals surface area contributed by atoms with Gasteiger partial charge in [-0.25, -0.2) is 4.98 Å². The minimum absolute atomic E-state index is 0.00631. The summed E-state index contributed by atoms with van der Waals surface area (Å²) < 4.78 is 5.20. The predicted molar refractivity (Wildman–Crippen MR) is 97.9 cm³/mol. The lowest BCUT2D eigenvalue weighted by molar-refractivity contribution is 0.0746. The van der Waals surface area contributed by atoms with Crippen LogP contribution in [0.2, 0.25) is 0 Å². The predicted octanol–water partition coefficient (Wildman–Crippen LogP) is 1.96. The van der Waals surface area contributed by atoms with Crippen molar-refractivity contribution in [1.82, 2.24) is 14.9 Å². The Labute approximate surface area is 152 Å². The van der Waals surface area contributed by atoms with Crippen LogP contribution in [0.25, 0.3) is 0 Å². The van der Waals surface area contributed by atoms with Gasteiger partial charge in [0.15, 0.2) is 5.78 Å². The molecule has 136 valence electrons. The molecule has 0 saturated carbocycles. The molecule has 1 saturated heterocycles. The zero-order valence-electron chi connectivity index (χ0n) is 15.2. The second-order valence-corrected chi connectivity index (χ2v) is 6.23. The number of anilines is 1. The maximum atomic E-state index is 12.7. The van der Waals surface area contributed by atoms with Crippen LogP contribution in [0.4, 0.5) is 5.82 Å². The molecule has 1 aromatic heterocycles. The van der Waals surface area contributed by atoms with E-state index in [0.29, 0.717) is 49.0 Å². The van der Waals surface area contributed by atoms with Crippen LogP contribution in [0.5, 0.6) is 5.88 Å². The smallest absolute Gasteiger partial charge is 0.253 e. The summed E-state index contributed by atoms with van der Waals surface area (Å²) in [6.07, 6.45) is 0. The van der Waals surface area contributed by atoms with Gasteiger partial charge in [0.25, 0.3) is 5.91 Å². The van der Waals surface area contributed by atoms with Crippen molar-refractivity contribution in [3.63, 3.8) is 0 Å². The number of aryl methyl sites for hydroxylation is 1. The second kappa shape index (κ2) is 7.51. The molecule has 0 N–H and O–H groups in total. The number of carbonyl (C=O) groups excluding carboxylic acids is 2. The van der Waals surface area contributed by atoms with E-state index in [4.69, 9.17) is 4.74 Å². The van der Waals surface area contributed by atoms with Crippen molar-refractivity contribution in [3.8, 4) is 5.88 Å². The van der Waals surface area contributed by atoms with Crippen molar-refractivity contribution in [2.24, 2.45) is 0 Å². The number of Topliss-reactive ketones (excluding diaryl/α,β-unsaturated/α-hetero) is 1. The van der Waals surface area contributed by atoms with Crippen LogP contribution < -0.4 is 9.64 Å². The fraction of sp³-hybridized carbons (Fsp3) is 0.368. The highest BCUT2D eigenvalue weighted by atomic mass is 16.5. The molecule has 26 heavy (non-hydrogen) atoms. The molecule has 2 heterocycles. The number of nitrogens with zero attached hydrogens (tertiary/aromatic N) is 4. The number of hydrogen-bond donors (Lipinski definition) is 0. The van der Waals surface area contributed by atoms with Crippen molar-refractivity contribution < 1.29 is 14.3 Å². The number of hydrogen-bond acceptors (Lipinski definition) is 6. The van der Waals surface area contributed by atoms with Crippen molar-refractivity contribution in [1.29, 1.82) is 0 Å². The van der Waals surface area contributed by atoms with E-state index < -0.39 is 0 Å². The van der Waals surface area contributed by atoms with Gasteiger partial charge in [-0.05, 0) is 26.0 Å². The number of rotatable bonds is 4. The van der Waals surface area contributed by atoms with Gasteiger partial charge in [-0.1, -0.05) is 12.1 Å². The number of piperazine rings is 1. The first-order chi connectivity index (χ1) is 12.5. The number of carbonyl (C=O) groups is 2. The molecule has 2 aromatic rings. The first-order valence-corrected chi connectivity index (χ1v) is 8.53. The van der Waals surface area contributed by atoms with Gasteiger partial charge in [0.2, 0.25) is 5.88 Å². The Bertz CT molecular complexity index is 812. The van der Waals surface area contributed by atoms with E-state index in [-0.39, 0.29) is 11.7 Å². The Morgan fingerprint density at radius 2 is 1.62 bits per heavy atom. The molecule has 7 nitrogen and oxygen atoms in total. The second-order valence-electron chi connectivity index (χ2n) is 6.23. The summed E-state index contributed by atoms with van der Waals surface area (Å²) in [4.78, 5) is 36.6. The zero-order chi connectivity index (χ0) is 18.7. The van der Waals surface area contributed by atoms with Crippen LogP contribution >= 0.6 is 0 Å². The van der Waals surface area contributed by atoms with Gasteiger partial charge < -0.3 is 14.5 Å². The summed E-state index contributed by atoms with van der Waals surface area (Å²) >= 11 is 0. The average Bonchev–Trinajstić information content (AvgIpc) is 2.67. The molecule has 1 fully saturated rings. The molecule has 1 aliphatic heterocycles. The third-order valence-electron chi connectivity index (χ3n) is 4.44. The highest BCUT2D eigenvalue weighted by Crippen LogP contribution is 2.19. The number of methoxy groups -OCH3 is 1. The van der Waals surface area contributed by atoms with Gasteiger partial charge in [0, 0.05) is 43.4 Å². The van der Waals surface area contributed by atoms with Crippen molar-refractivity contribution in [2.45, 2.75) is 13.8 Å². The summed E-state index contributed by atoms with van der Waals surface area (Å²) in [7, 11) is 1.58. The number of ether oxygens (including phenoxy) is 1. The number of amides is 1. The highest BCUT2D eigenvalue weighted by molar-refractivity contribution is 5.97. The van der Waals surface area contributed by atoms with Crippen LogP contribution in [0.3, 0.4) is 0 Å². The molecule has 0 atom stereocenters. The average molecular weight is 354 g/mol. The Morgan fingerprint density at radius 1 is 1.00 bits per heavy atom. The maximum absolute atomic E-state index is 12.7. The van der Waals surface area contributed by atoms with E-state index >= 15 is 0 Å². The van der Waals surface area contributed by atoms with Gasteiger partial charge in [-0.15, -0.1) is 0 Å². The van der Waals surface area contributed by atoms with Crippen LogP contribution in [0, 0.1) is 6.92 Å². The normalized spacial score (nSPS) is 14.3. The van der Waals surface area contributed by atoms with E-state index in [1.807, 2.05) is 17.9 Å². The molecule has 0 bridgehead atoms. The third kappa shape index (κ3) is 3.82. The van der Waals surface area contributed by atoms with Crippen LogP contribution in [0.15, 0.2) is 30.3 Å². The van der Waals surface area contributed by atoms with E-state index in [9.17, 15) is 9.59 Å². The number of benzene rings is 1. The Kier molecular flexibility index (Phi) is 5.16. The van der Waals surface area contributed by atoms with E-state index in [0.717, 1.165) is 5.82 Å². The quantitative estimate of drug-likeness (QED) is 0.782. The first kappa shape index (κ1) is 17.8. The molecule has 0 radical (unpaired) electrons. The minimum atomic E-state index is -0.0174. The largest absolute Gasteiger partial charge is 0.481 e. The van der Waals surface area contributed by atoms with Crippen LogP contribution in [0.1, 0.15) is 33.5 Å². The van der Waals surface area contributed by atoms with Crippen molar-refractivity contribution in [2.75, 3.05) is 38.2 Å². The number of ketones is 1. The Hall–Kier alpha value is -2.96. The van der Waals surface area contributed by atoms with Crippen LogP contribution in [-0.4, -0.2) is 59.8 Å². The van der Waals surface area contributed by atoms with Gasteiger partial charge in [-0.2, -0.15) is 4.98 Å². The van der Waals surface area contributed by atoms with Crippen LogP contribution in [-0.2, 0) is 0 Å². The summed E-state index contributed by atoms with van der Waals surface area (Å²) in [5.41, 5.74) is 1.21. The summed E-state index contributed by atoms with van der Waals surface area (Å²) in [5, 5.41) is 0. The third-order valence-corrected chi connectivity index (χ3v) is 4.44. The van der Waals surface area contributed by atoms with E-state index in [1.54, 1.807) is 31.4 Å². The maximum Gasteiger partial charge on any atom is 0.253 e. The van der Waals surface area contributed by atoms with Gasteiger partial charge >= 0.3 is 0 Å². The standard InChI is InChI=1S/C19H22N4O3/c1-13(24)15-4-6-16(7-5-15)19(25)23-10-8-22(9-11-23)17-12-18(26-3)21-14(2)20-17/h4-7,12H,8-11H2,1-3H3. The summed E-state index contributed by atoms with van der Waals surface area (Å²) in [5.74, 6) is 1.98. The zero-order valence-corrected chi connectivity index (χ0v) is 15.2. The SMILES string of the molecule is COc1cc(N2CCN(C(=O)c3ccc(C(C)=O)cc3)CC2)nc(C)n1. The van der Waals surface area contributed by atoms with Gasteiger partial charge in [0.05, 0.1) is 7.11 Å². The minimum Gasteiger partial charge on any atom is -0.481 e. The molecule has 1 amide bonds. The fourth-order valence-electron chi connectivity index (χ4n) is 2.96. The molecule has 1 aliphatic rings. The lowest BCUT2D eigenvalue weighted by atomic mass is 10.1.